The van der Waals surface area contributed by atoms with Crippen molar-refractivity contribution in [2.45, 2.75) is 25.5 Å². The van der Waals surface area contributed by atoms with Gasteiger partial charge in [0.1, 0.15) is 0 Å². The number of halogens is 1. The number of nitrogens with zero attached hydrogens (tertiary/aromatic N) is 4. The van der Waals surface area contributed by atoms with Crippen LogP contribution in [0.5, 0.6) is 0 Å². The Balaban J connectivity index is 1.46. The molecule has 0 spiro atoms. The number of aromatic nitrogens is 3. The fourth-order valence-corrected chi connectivity index (χ4v) is 4.82. The highest BCUT2D eigenvalue weighted by atomic mass is 35.5. The van der Waals surface area contributed by atoms with E-state index in [9.17, 15) is 4.79 Å². The molecule has 9 heteroatoms. The van der Waals surface area contributed by atoms with Crippen molar-refractivity contribution < 1.29 is 9.53 Å². The number of ether oxygens (including phenoxy) is 1. The number of rotatable bonds is 7. The molecule has 0 unspecified atom stereocenters. The van der Waals surface area contributed by atoms with E-state index in [0.29, 0.717) is 23.9 Å². The van der Waals surface area contributed by atoms with E-state index in [2.05, 4.69) is 39.5 Å². The van der Waals surface area contributed by atoms with Crippen LogP contribution in [0.1, 0.15) is 12.5 Å². The quantitative estimate of drug-likeness (QED) is 0.512. The third kappa shape index (κ3) is 5.09. The molecule has 3 aromatic rings. The number of hydrogen-bond acceptors (Lipinski definition) is 6. The van der Waals surface area contributed by atoms with Gasteiger partial charge in [-0.1, -0.05) is 53.2 Å². The fraction of sp³-hybridized carbons (Fsp3) is 0.348. The first-order valence-electron chi connectivity index (χ1n) is 10.6. The lowest BCUT2D eigenvalue weighted by molar-refractivity contribution is -0.113. The van der Waals surface area contributed by atoms with Gasteiger partial charge < -0.3 is 19.5 Å². The molecule has 1 amide bonds. The molecule has 7 nitrogen and oxygen atoms in total. The highest BCUT2D eigenvalue weighted by Gasteiger charge is 2.20. The van der Waals surface area contributed by atoms with Crippen LogP contribution < -0.4 is 10.2 Å². The van der Waals surface area contributed by atoms with Crippen molar-refractivity contribution in [3.8, 4) is 11.4 Å². The Kier molecular flexibility index (Phi) is 7.34. The molecule has 2 heterocycles. The zero-order valence-corrected chi connectivity index (χ0v) is 19.7. The second-order valence-corrected chi connectivity index (χ2v) is 8.84. The van der Waals surface area contributed by atoms with Crippen molar-refractivity contribution >= 4 is 40.6 Å². The van der Waals surface area contributed by atoms with Crippen LogP contribution in [0.3, 0.4) is 0 Å². The topological polar surface area (TPSA) is 72.3 Å². The third-order valence-electron chi connectivity index (χ3n) is 5.23. The second-order valence-electron chi connectivity index (χ2n) is 7.49. The molecule has 168 valence electrons. The third-order valence-corrected chi connectivity index (χ3v) is 6.50. The van der Waals surface area contributed by atoms with Gasteiger partial charge in [0, 0.05) is 25.2 Å². The molecule has 32 heavy (non-hydrogen) atoms. The van der Waals surface area contributed by atoms with Crippen molar-refractivity contribution in [1.82, 2.24) is 14.8 Å². The van der Waals surface area contributed by atoms with Gasteiger partial charge in [0.05, 0.1) is 35.4 Å². The minimum Gasteiger partial charge on any atom is -0.378 e. The Labute approximate surface area is 197 Å². The molecule has 0 aliphatic carbocycles. The van der Waals surface area contributed by atoms with E-state index in [1.165, 1.54) is 17.3 Å². The van der Waals surface area contributed by atoms with Gasteiger partial charge in [-0.2, -0.15) is 0 Å². The van der Waals surface area contributed by atoms with Crippen molar-refractivity contribution in [3.05, 3.63) is 53.1 Å². The summed E-state index contributed by atoms with van der Waals surface area (Å²) in [6, 6.07) is 13.7. The lowest BCUT2D eigenvalue weighted by Crippen LogP contribution is -2.37. The number of aryl methyl sites for hydroxylation is 1. The van der Waals surface area contributed by atoms with Gasteiger partial charge in [-0.05, 0) is 32.0 Å². The van der Waals surface area contributed by atoms with E-state index in [-0.39, 0.29) is 11.7 Å². The van der Waals surface area contributed by atoms with Crippen LogP contribution in [0.25, 0.3) is 11.4 Å². The summed E-state index contributed by atoms with van der Waals surface area (Å²) >= 11 is 7.85. The molecule has 1 aliphatic heterocycles. The van der Waals surface area contributed by atoms with Crippen molar-refractivity contribution in [3.63, 3.8) is 0 Å². The monoisotopic (exact) mass is 471 g/mol. The van der Waals surface area contributed by atoms with Gasteiger partial charge in [0.15, 0.2) is 11.0 Å². The molecule has 0 radical (unpaired) electrons. The lowest BCUT2D eigenvalue weighted by Gasteiger charge is -2.31. The Hall–Kier alpha value is -2.55. The summed E-state index contributed by atoms with van der Waals surface area (Å²) in [6.07, 6.45) is 0. The van der Waals surface area contributed by atoms with Crippen LogP contribution >= 0.6 is 23.4 Å². The predicted octanol–water partition coefficient (Wildman–Crippen LogP) is 4.49. The van der Waals surface area contributed by atoms with Gasteiger partial charge in [0.25, 0.3) is 0 Å². The summed E-state index contributed by atoms with van der Waals surface area (Å²) in [5.41, 5.74) is 3.74. The first-order valence-corrected chi connectivity index (χ1v) is 12.0. The van der Waals surface area contributed by atoms with E-state index in [4.69, 9.17) is 16.3 Å². The maximum atomic E-state index is 12.8. The first kappa shape index (κ1) is 22.6. The van der Waals surface area contributed by atoms with E-state index in [1.54, 1.807) is 0 Å². The van der Waals surface area contributed by atoms with Gasteiger partial charge in [-0.3, -0.25) is 4.79 Å². The van der Waals surface area contributed by atoms with E-state index >= 15 is 0 Å². The summed E-state index contributed by atoms with van der Waals surface area (Å²) < 4.78 is 7.47. The number of nitrogens with one attached hydrogen (secondary N) is 1. The first-order chi connectivity index (χ1) is 15.6. The van der Waals surface area contributed by atoms with Crippen LogP contribution in [0.4, 0.5) is 11.4 Å². The maximum Gasteiger partial charge on any atom is 0.234 e. The van der Waals surface area contributed by atoms with Gasteiger partial charge in [-0.25, -0.2) is 0 Å². The molecule has 0 bridgehead atoms. The van der Waals surface area contributed by atoms with Crippen LogP contribution in [-0.4, -0.2) is 52.7 Å². The number of carbonyl (C=O) groups is 1. The number of amides is 1. The number of morpholine rings is 1. The van der Waals surface area contributed by atoms with Crippen LogP contribution in [-0.2, 0) is 16.1 Å². The van der Waals surface area contributed by atoms with Crippen molar-refractivity contribution in [2.75, 3.05) is 42.3 Å². The number of para-hydroxylation sites is 1. The molecule has 0 saturated carbocycles. The van der Waals surface area contributed by atoms with Gasteiger partial charge in [-0.15, -0.1) is 10.2 Å². The zero-order chi connectivity index (χ0) is 22.5. The maximum absolute atomic E-state index is 12.8. The summed E-state index contributed by atoms with van der Waals surface area (Å²) in [4.78, 5) is 14.9. The number of benzene rings is 2. The summed E-state index contributed by atoms with van der Waals surface area (Å²) in [6.45, 7) is 7.58. The normalized spacial score (nSPS) is 13.9. The number of carbonyl (C=O) groups excluding carboxylic acids is 1. The predicted molar refractivity (Wildman–Crippen MR) is 130 cm³/mol. The lowest BCUT2D eigenvalue weighted by atomic mass is 10.1. The summed E-state index contributed by atoms with van der Waals surface area (Å²) in [5, 5.41) is 13.1. The summed E-state index contributed by atoms with van der Waals surface area (Å²) in [5.74, 6) is 0.916. The SMILES string of the molecule is CCn1c(SCC(=O)Nc2cccc(Cl)c2N2CCOCC2)nnc1-c1cccc(C)c1. The van der Waals surface area contributed by atoms with Crippen LogP contribution in [0, 0.1) is 6.92 Å². The zero-order valence-electron chi connectivity index (χ0n) is 18.2. The minimum atomic E-state index is -0.116. The van der Waals surface area contributed by atoms with E-state index in [0.717, 1.165) is 41.9 Å². The molecular formula is C23H26ClN5O2S. The molecular weight excluding hydrogens is 446 g/mol. The number of anilines is 2. The smallest absolute Gasteiger partial charge is 0.234 e. The largest absolute Gasteiger partial charge is 0.378 e. The van der Waals surface area contributed by atoms with Gasteiger partial charge >= 0.3 is 0 Å². The van der Waals surface area contributed by atoms with Crippen molar-refractivity contribution in [2.24, 2.45) is 0 Å². The standard InChI is InChI=1S/C23H26ClN5O2S/c1-3-29-22(17-7-4-6-16(2)14-17)26-27-23(29)32-15-20(30)25-19-9-5-8-18(24)21(19)28-10-12-31-13-11-28/h4-9,14H,3,10-13,15H2,1-2H3,(H,25,30). The summed E-state index contributed by atoms with van der Waals surface area (Å²) in [7, 11) is 0. The molecule has 2 aromatic carbocycles. The molecule has 4 rings (SSSR count). The average Bonchev–Trinajstić information content (AvgIpc) is 3.21. The van der Waals surface area contributed by atoms with E-state index < -0.39 is 0 Å². The average molecular weight is 472 g/mol. The Morgan fingerprint density at radius 1 is 1.19 bits per heavy atom. The highest BCUT2D eigenvalue weighted by molar-refractivity contribution is 7.99. The number of thioether (sulfide) groups is 1. The Morgan fingerprint density at radius 2 is 1.97 bits per heavy atom. The van der Waals surface area contributed by atoms with Crippen LogP contribution in [0.15, 0.2) is 47.6 Å². The molecule has 0 atom stereocenters. The fourth-order valence-electron chi connectivity index (χ4n) is 3.72. The Bertz CT molecular complexity index is 1100. The highest BCUT2D eigenvalue weighted by Crippen LogP contribution is 2.34. The van der Waals surface area contributed by atoms with Crippen LogP contribution in [0.2, 0.25) is 5.02 Å². The molecule has 1 N–H and O–H groups in total. The molecule has 1 aromatic heterocycles. The molecule has 1 aliphatic rings. The minimum absolute atomic E-state index is 0.116. The second kappa shape index (κ2) is 10.4. The Morgan fingerprint density at radius 3 is 2.72 bits per heavy atom. The van der Waals surface area contributed by atoms with Gasteiger partial charge in [0.2, 0.25) is 5.91 Å². The van der Waals surface area contributed by atoms with E-state index in [1.807, 2.05) is 41.8 Å². The number of hydrogen-bond donors (Lipinski definition) is 1. The molecule has 1 saturated heterocycles. The van der Waals surface area contributed by atoms with Crippen molar-refractivity contribution in [1.29, 1.82) is 0 Å². The molecule has 1 fully saturated rings.